The maximum absolute atomic E-state index is 13.9. The summed E-state index contributed by atoms with van der Waals surface area (Å²) in [5, 5.41) is 9.26. The number of piperidine rings is 1. The van der Waals surface area contributed by atoms with E-state index in [1.165, 1.54) is 6.07 Å². The van der Waals surface area contributed by atoms with Crippen LogP contribution < -0.4 is 10.6 Å². The van der Waals surface area contributed by atoms with E-state index < -0.39 is 0 Å². The van der Waals surface area contributed by atoms with Crippen LogP contribution in [0.3, 0.4) is 0 Å². The van der Waals surface area contributed by atoms with Gasteiger partial charge in [0, 0.05) is 37.0 Å². The van der Waals surface area contributed by atoms with Crippen molar-refractivity contribution in [3.05, 3.63) is 29.6 Å². The highest BCUT2D eigenvalue weighted by Crippen LogP contribution is 2.31. The Balaban J connectivity index is 2.29. The van der Waals surface area contributed by atoms with E-state index in [0.29, 0.717) is 5.56 Å². The van der Waals surface area contributed by atoms with Gasteiger partial charge >= 0.3 is 0 Å². The van der Waals surface area contributed by atoms with Gasteiger partial charge in [0.2, 0.25) is 0 Å². The molecule has 18 heavy (non-hydrogen) atoms. The Bertz CT molecular complexity index is 409. The second kappa shape index (κ2) is 5.67. The third kappa shape index (κ3) is 2.65. The molecule has 1 aliphatic rings. The first-order valence-corrected chi connectivity index (χ1v) is 6.53. The minimum atomic E-state index is -0.323. The molecule has 1 aliphatic heterocycles. The molecule has 1 heterocycles. The zero-order valence-corrected chi connectivity index (χ0v) is 10.8. The molecule has 0 aliphatic carbocycles. The molecular weight excluding hydrogens is 231 g/mol. The van der Waals surface area contributed by atoms with Gasteiger partial charge in [0.1, 0.15) is 5.82 Å². The summed E-state index contributed by atoms with van der Waals surface area (Å²) in [6.45, 7) is 3.67. The fourth-order valence-electron chi connectivity index (χ4n) is 2.69. The van der Waals surface area contributed by atoms with Crippen LogP contribution in [0.15, 0.2) is 18.2 Å². The molecule has 0 spiro atoms. The van der Waals surface area contributed by atoms with Crippen molar-refractivity contribution in [1.29, 1.82) is 0 Å². The zero-order chi connectivity index (χ0) is 13.1. The first-order valence-electron chi connectivity index (χ1n) is 6.53. The smallest absolute Gasteiger partial charge is 0.130 e. The van der Waals surface area contributed by atoms with Crippen molar-refractivity contribution >= 4 is 5.69 Å². The molecule has 2 unspecified atom stereocenters. The first-order chi connectivity index (χ1) is 8.63. The van der Waals surface area contributed by atoms with Gasteiger partial charge in [-0.1, -0.05) is 6.07 Å². The van der Waals surface area contributed by atoms with E-state index in [2.05, 4.69) is 4.90 Å². The molecule has 3 N–H and O–H groups in total. The molecule has 1 saturated heterocycles. The van der Waals surface area contributed by atoms with Crippen LogP contribution in [-0.2, 0) is 0 Å². The fraction of sp³-hybridized carbons (Fsp3) is 0.571. The van der Waals surface area contributed by atoms with Crippen molar-refractivity contribution in [2.75, 3.05) is 24.6 Å². The van der Waals surface area contributed by atoms with E-state index in [-0.39, 0.29) is 24.4 Å². The predicted octanol–water partition coefficient (Wildman–Crippen LogP) is 2.05. The monoisotopic (exact) mass is 252 g/mol. The van der Waals surface area contributed by atoms with Gasteiger partial charge in [-0.15, -0.1) is 0 Å². The summed E-state index contributed by atoms with van der Waals surface area (Å²) in [5.41, 5.74) is 7.33. The standard InChI is InChI=1S/C14H21FN2O/c1-10(16)14-12(15)5-2-6-13(14)17-7-3-4-11(8-17)9-18/h2,5-6,10-11,18H,3-4,7-9,16H2,1H3. The van der Waals surface area contributed by atoms with Crippen LogP contribution in [0.25, 0.3) is 0 Å². The largest absolute Gasteiger partial charge is 0.396 e. The van der Waals surface area contributed by atoms with Crippen molar-refractivity contribution in [3.8, 4) is 0 Å². The predicted molar refractivity (Wildman–Crippen MR) is 71.0 cm³/mol. The van der Waals surface area contributed by atoms with Gasteiger partial charge in [0.25, 0.3) is 0 Å². The number of nitrogens with two attached hydrogens (primary N) is 1. The van der Waals surface area contributed by atoms with Crippen LogP contribution in [-0.4, -0.2) is 24.8 Å². The van der Waals surface area contributed by atoms with Gasteiger partial charge in [-0.3, -0.25) is 0 Å². The maximum Gasteiger partial charge on any atom is 0.130 e. The number of nitrogens with zero attached hydrogens (tertiary/aromatic N) is 1. The van der Waals surface area contributed by atoms with Crippen LogP contribution >= 0.6 is 0 Å². The van der Waals surface area contributed by atoms with Gasteiger partial charge in [-0.05, 0) is 37.8 Å². The highest BCUT2D eigenvalue weighted by Gasteiger charge is 2.23. The van der Waals surface area contributed by atoms with Crippen LogP contribution in [0.1, 0.15) is 31.4 Å². The van der Waals surface area contributed by atoms with E-state index in [4.69, 9.17) is 5.73 Å². The lowest BCUT2D eigenvalue weighted by atomic mass is 9.96. The van der Waals surface area contributed by atoms with Crippen molar-refractivity contribution in [2.45, 2.75) is 25.8 Å². The van der Waals surface area contributed by atoms with Crippen LogP contribution in [0.5, 0.6) is 0 Å². The summed E-state index contributed by atoms with van der Waals surface area (Å²) < 4.78 is 13.9. The van der Waals surface area contributed by atoms with E-state index in [1.54, 1.807) is 13.0 Å². The van der Waals surface area contributed by atoms with Gasteiger partial charge in [-0.25, -0.2) is 4.39 Å². The molecule has 0 amide bonds. The molecule has 1 aromatic carbocycles. The average Bonchev–Trinajstić information content (AvgIpc) is 2.38. The Labute approximate surface area is 107 Å². The minimum absolute atomic E-state index is 0.194. The number of halogens is 1. The number of benzene rings is 1. The van der Waals surface area contributed by atoms with Crippen molar-refractivity contribution < 1.29 is 9.50 Å². The quantitative estimate of drug-likeness (QED) is 0.865. The summed E-state index contributed by atoms with van der Waals surface area (Å²) in [4.78, 5) is 2.14. The topological polar surface area (TPSA) is 49.5 Å². The Kier molecular flexibility index (Phi) is 4.19. The number of anilines is 1. The Hall–Kier alpha value is -1.13. The number of hydrogen-bond acceptors (Lipinski definition) is 3. The molecule has 0 radical (unpaired) electrons. The number of aliphatic hydroxyl groups is 1. The maximum atomic E-state index is 13.9. The van der Waals surface area contributed by atoms with Crippen LogP contribution in [0.2, 0.25) is 0 Å². The minimum Gasteiger partial charge on any atom is -0.396 e. The normalized spacial score (nSPS) is 22.0. The molecule has 2 atom stereocenters. The molecule has 0 saturated carbocycles. The second-order valence-corrected chi connectivity index (χ2v) is 5.10. The van der Waals surface area contributed by atoms with E-state index in [9.17, 15) is 9.50 Å². The molecule has 0 bridgehead atoms. The molecule has 1 fully saturated rings. The molecule has 3 nitrogen and oxygen atoms in total. The van der Waals surface area contributed by atoms with Gasteiger partial charge < -0.3 is 15.7 Å². The lowest BCUT2D eigenvalue weighted by Gasteiger charge is -2.35. The fourth-order valence-corrected chi connectivity index (χ4v) is 2.69. The molecule has 4 heteroatoms. The highest BCUT2D eigenvalue weighted by molar-refractivity contribution is 5.55. The molecule has 2 rings (SSSR count). The Morgan fingerprint density at radius 2 is 2.33 bits per heavy atom. The summed E-state index contributed by atoms with van der Waals surface area (Å²) in [7, 11) is 0. The zero-order valence-electron chi connectivity index (χ0n) is 10.8. The summed E-state index contributed by atoms with van der Waals surface area (Å²) in [6.07, 6.45) is 2.07. The lowest BCUT2D eigenvalue weighted by molar-refractivity contribution is 0.208. The second-order valence-electron chi connectivity index (χ2n) is 5.10. The van der Waals surface area contributed by atoms with Crippen molar-refractivity contribution in [2.24, 2.45) is 11.7 Å². The van der Waals surface area contributed by atoms with Gasteiger partial charge in [0.15, 0.2) is 0 Å². The first kappa shape index (κ1) is 13.3. The van der Waals surface area contributed by atoms with Crippen molar-refractivity contribution in [1.82, 2.24) is 0 Å². The van der Waals surface area contributed by atoms with E-state index in [1.807, 2.05) is 6.07 Å². The van der Waals surface area contributed by atoms with Crippen molar-refractivity contribution in [3.63, 3.8) is 0 Å². The van der Waals surface area contributed by atoms with Gasteiger partial charge in [-0.2, -0.15) is 0 Å². The summed E-state index contributed by atoms with van der Waals surface area (Å²) in [6, 6.07) is 4.77. The number of rotatable bonds is 3. The Morgan fingerprint density at radius 1 is 1.56 bits per heavy atom. The molecular formula is C14H21FN2O. The van der Waals surface area contributed by atoms with Crippen LogP contribution in [0, 0.1) is 11.7 Å². The SMILES string of the molecule is CC(N)c1c(F)cccc1N1CCCC(CO)C1. The number of hydrogen-bond donors (Lipinski definition) is 2. The third-order valence-corrected chi connectivity index (χ3v) is 3.60. The molecule has 1 aromatic rings. The van der Waals surface area contributed by atoms with Crippen LogP contribution in [0.4, 0.5) is 10.1 Å². The summed E-state index contributed by atoms with van der Waals surface area (Å²) in [5.74, 6) is 0.0385. The highest BCUT2D eigenvalue weighted by atomic mass is 19.1. The lowest BCUT2D eigenvalue weighted by Crippen LogP contribution is -2.37. The third-order valence-electron chi connectivity index (χ3n) is 3.60. The summed E-state index contributed by atoms with van der Waals surface area (Å²) >= 11 is 0. The van der Waals surface area contributed by atoms with E-state index >= 15 is 0 Å². The molecule has 0 aromatic heterocycles. The molecule has 100 valence electrons. The Morgan fingerprint density at radius 3 is 3.00 bits per heavy atom. The van der Waals surface area contributed by atoms with E-state index in [0.717, 1.165) is 31.6 Å². The average molecular weight is 252 g/mol. The van der Waals surface area contributed by atoms with Gasteiger partial charge in [0.05, 0.1) is 0 Å². The number of aliphatic hydroxyl groups excluding tert-OH is 1.